The number of halogens is 1. The predicted molar refractivity (Wildman–Crippen MR) is 153 cm³/mol. The first-order valence-electron chi connectivity index (χ1n) is 12.7. The highest BCUT2D eigenvalue weighted by atomic mass is 79.9. The molecule has 0 unspecified atom stereocenters. The van der Waals surface area contributed by atoms with Gasteiger partial charge in [0.1, 0.15) is 0 Å². The molecule has 1 aromatic heterocycles. The monoisotopic (exact) mass is 570 g/mol. The zero-order chi connectivity index (χ0) is 25.6. The number of hydrogen-bond acceptors (Lipinski definition) is 4. The van der Waals surface area contributed by atoms with Crippen molar-refractivity contribution < 1.29 is 4.79 Å². The summed E-state index contributed by atoms with van der Waals surface area (Å²) in [4.78, 5) is 32.8. The van der Waals surface area contributed by atoms with Crippen molar-refractivity contribution in [1.82, 2.24) is 9.55 Å². The number of fused-ring (bicyclic) bond motifs is 4. The molecule has 1 saturated carbocycles. The van der Waals surface area contributed by atoms with Gasteiger partial charge in [-0.1, -0.05) is 95.1 Å². The number of Topliss-reactive ketones (excluding diaryl/α,β-unsaturated/α-hetero) is 1. The lowest BCUT2D eigenvalue weighted by Gasteiger charge is -2.36. The van der Waals surface area contributed by atoms with E-state index in [2.05, 4.69) is 34.1 Å². The van der Waals surface area contributed by atoms with Gasteiger partial charge < -0.3 is 0 Å². The maximum atomic E-state index is 14.5. The third-order valence-electron chi connectivity index (χ3n) is 7.80. The molecule has 1 heterocycles. The number of benzene rings is 3. The first-order valence-corrected chi connectivity index (χ1v) is 14.5. The number of aromatic nitrogens is 2. The van der Waals surface area contributed by atoms with Crippen molar-refractivity contribution in [2.24, 2.45) is 0 Å². The molecule has 0 atom stereocenters. The molecule has 1 fully saturated rings. The highest BCUT2D eigenvalue weighted by Gasteiger charge is 2.44. The number of carbonyl (C=O) groups excluding carboxylic acids is 1. The fraction of sp³-hybridized carbons (Fsp3) is 0.258. The summed E-state index contributed by atoms with van der Waals surface area (Å²) in [5.74, 6) is 0.208. The Bertz CT molecular complexity index is 1570. The molecule has 3 aromatic carbocycles. The Balaban J connectivity index is 1.53. The molecule has 0 amide bonds. The molecule has 0 saturated heterocycles. The Labute approximate surface area is 229 Å². The lowest BCUT2D eigenvalue weighted by molar-refractivity contribution is 0.102. The van der Waals surface area contributed by atoms with Crippen molar-refractivity contribution in [2.45, 2.75) is 49.6 Å². The zero-order valence-electron chi connectivity index (χ0n) is 20.7. The van der Waals surface area contributed by atoms with E-state index in [9.17, 15) is 9.59 Å². The molecular formula is C31H27BrN2O2S. The molecule has 6 heteroatoms. The van der Waals surface area contributed by atoms with Crippen LogP contribution >= 0.6 is 27.7 Å². The van der Waals surface area contributed by atoms with Gasteiger partial charge in [-0.2, -0.15) is 0 Å². The van der Waals surface area contributed by atoms with Crippen molar-refractivity contribution in [2.75, 3.05) is 5.75 Å². The van der Waals surface area contributed by atoms with Crippen LogP contribution in [0.4, 0.5) is 0 Å². The third kappa shape index (κ3) is 4.30. The summed E-state index contributed by atoms with van der Waals surface area (Å²) < 4.78 is 2.70. The quantitative estimate of drug-likeness (QED) is 0.143. The van der Waals surface area contributed by atoms with E-state index >= 15 is 0 Å². The highest BCUT2D eigenvalue weighted by molar-refractivity contribution is 9.10. The smallest absolute Gasteiger partial charge is 0.263 e. The number of hydrogen-bond donors (Lipinski definition) is 0. The van der Waals surface area contributed by atoms with Gasteiger partial charge in [0.2, 0.25) is 0 Å². The molecule has 4 aromatic rings. The van der Waals surface area contributed by atoms with Crippen LogP contribution in [0.1, 0.15) is 52.7 Å². The van der Waals surface area contributed by atoms with Crippen molar-refractivity contribution in [3.8, 4) is 16.9 Å². The number of para-hydroxylation sites is 1. The average Bonchev–Trinajstić information content (AvgIpc) is 3.36. The van der Waals surface area contributed by atoms with Crippen LogP contribution in [0.25, 0.3) is 16.9 Å². The van der Waals surface area contributed by atoms with Gasteiger partial charge in [0.05, 0.1) is 22.7 Å². The minimum atomic E-state index is -0.172. The summed E-state index contributed by atoms with van der Waals surface area (Å²) in [6, 6.07) is 23.7. The molecule has 4 nitrogen and oxygen atoms in total. The van der Waals surface area contributed by atoms with Gasteiger partial charge in [-0.05, 0) is 55.5 Å². The Morgan fingerprint density at radius 1 is 1.00 bits per heavy atom. The van der Waals surface area contributed by atoms with E-state index in [0.717, 1.165) is 64.6 Å². The molecule has 0 bridgehead atoms. The van der Waals surface area contributed by atoms with Crippen LogP contribution in [-0.2, 0) is 11.8 Å². The molecule has 6 rings (SSSR count). The van der Waals surface area contributed by atoms with Crippen LogP contribution in [0.2, 0.25) is 0 Å². The molecule has 0 aliphatic heterocycles. The van der Waals surface area contributed by atoms with Crippen LogP contribution in [-0.4, -0.2) is 21.1 Å². The van der Waals surface area contributed by atoms with Gasteiger partial charge in [-0.3, -0.25) is 14.2 Å². The van der Waals surface area contributed by atoms with Crippen molar-refractivity contribution in [3.63, 3.8) is 0 Å². The van der Waals surface area contributed by atoms with Gasteiger partial charge in [0.25, 0.3) is 5.56 Å². The predicted octanol–water partition coefficient (Wildman–Crippen LogP) is 7.31. The fourth-order valence-corrected chi connectivity index (χ4v) is 7.14. The van der Waals surface area contributed by atoms with E-state index in [1.807, 2.05) is 61.5 Å². The molecule has 1 spiro atoms. The minimum absolute atomic E-state index is 0.00784. The maximum absolute atomic E-state index is 14.5. The standard InChI is InChI=1S/C31H27BrN2O2S/c1-20-8-2-5-11-25(20)34-29(36)27-28(24-10-4-3-9-22(24)18-31(27)16-6-7-17-31)33-30(34)37-19-26(35)21-12-14-23(32)15-13-21/h2-5,8-15H,6-7,16-19H2,1H3. The van der Waals surface area contributed by atoms with Gasteiger partial charge in [0.15, 0.2) is 10.9 Å². The number of nitrogens with zero attached hydrogens (tertiary/aromatic N) is 2. The van der Waals surface area contributed by atoms with E-state index in [1.165, 1.54) is 17.3 Å². The summed E-state index contributed by atoms with van der Waals surface area (Å²) in [5.41, 5.74) is 6.28. The number of thioether (sulfide) groups is 1. The molecule has 2 aliphatic rings. The number of aryl methyl sites for hydroxylation is 1. The maximum Gasteiger partial charge on any atom is 0.263 e. The number of carbonyl (C=O) groups is 1. The van der Waals surface area contributed by atoms with Gasteiger partial charge >= 0.3 is 0 Å². The number of rotatable bonds is 5. The summed E-state index contributed by atoms with van der Waals surface area (Å²) >= 11 is 4.77. The molecule has 186 valence electrons. The lowest BCUT2D eigenvalue weighted by atomic mass is 9.68. The van der Waals surface area contributed by atoms with E-state index in [0.29, 0.717) is 10.7 Å². The third-order valence-corrected chi connectivity index (χ3v) is 9.27. The van der Waals surface area contributed by atoms with Gasteiger partial charge in [-0.25, -0.2) is 4.98 Å². The SMILES string of the molecule is Cc1ccccc1-n1c(SCC(=O)c2ccc(Br)cc2)nc2c(c1=O)C1(CCCC1)Cc1ccccc1-2. The topological polar surface area (TPSA) is 52.0 Å². The summed E-state index contributed by atoms with van der Waals surface area (Å²) in [6.45, 7) is 2.02. The second-order valence-electron chi connectivity index (χ2n) is 10.1. The van der Waals surface area contributed by atoms with E-state index in [1.54, 1.807) is 4.57 Å². The second kappa shape index (κ2) is 9.73. The molecule has 0 N–H and O–H groups in total. The molecule has 0 radical (unpaired) electrons. The van der Waals surface area contributed by atoms with Gasteiger partial charge in [0, 0.05) is 21.0 Å². The van der Waals surface area contributed by atoms with Crippen molar-refractivity contribution in [1.29, 1.82) is 0 Å². The van der Waals surface area contributed by atoms with E-state index in [-0.39, 0.29) is 22.5 Å². The highest BCUT2D eigenvalue weighted by Crippen LogP contribution is 2.50. The Hall–Kier alpha value is -2.96. The molecule has 37 heavy (non-hydrogen) atoms. The Kier molecular flexibility index (Phi) is 6.41. The van der Waals surface area contributed by atoms with Crippen LogP contribution < -0.4 is 5.56 Å². The normalized spacial score (nSPS) is 15.4. The number of ketones is 1. The molecular weight excluding hydrogens is 544 g/mol. The Morgan fingerprint density at radius 3 is 2.46 bits per heavy atom. The Morgan fingerprint density at radius 2 is 1.70 bits per heavy atom. The fourth-order valence-electron chi connectivity index (χ4n) is 5.98. The lowest BCUT2D eigenvalue weighted by Crippen LogP contribution is -2.40. The van der Waals surface area contributed by atoms with Crippen LogP contribution in [0.5, 0.6) is 0 Å². The van der Waals surface area contributed by atoms with Crippen molar-refractivity contribution >= 4 is 33.5 Å². The first kappa shape index (κ1) is 24.4. The van der Waals surface area contributed by atoms with Crippen LogP contribution in [0.3, 0.4) is 0 Å². The zero-order valence-corrected chi connectivity index (χ0v) is 23.1. The summed E-state index contributed by atoms with van der Waals surface area (Å²) in [6.07, 6.45) is 5.16. The molecule has 2 aliphatic carbocycles. The second-order valence-corrected chi connectivity index (χ2v) is 11.9. The summed E-state index contributed by atoms with van der Waals surface area (Å²) in [5, 5.41) is 0.563. The van der Waals surface area contributed by atoms with E-state index < -0.39 is 0 Å². The summed E-state index contributed by atoms with van der Waals surface area (Å²) in [7, 11) is 0. The first-order chi connectivity index (χ1) is 18.0. The average molecular weight is 572 g/mol. The van der Waals surface area contributed by atoms with Crippen LogP contribution in [0, 0.1) is 6.92 Å². The van der Waals surface area contributed by atoms with Crippen LogP contribution in [0.15, 0.2) is 87.2 Å². The van der Waals surface area contributed by atoms with E-state index in [4.69, 9.17) is 4.98 Å². The van der Waals surface area contributed by atoms with Gasteiger partial charge in [-0.15, -0.1) is 0 Å². The largest absolute Gasteiger partial charge is 0.293 e. The minimum Gasteiger partial charge on any atom is -0.293 e. The van der Waals surface area contributed by atoms with Crippen molar-refractivity contribution in [3.05, 3.63) is 110 Å².